The number of allylic oxidation sites excluding steroid dienone is 1. The molecule has 0 aromatic rings. The highest BCUT2D eigenvalue weighted by atomic mass is 16.4. The number of carbonyl (C=O) groups is 5. The van der Waals surface area contributed by atoms with Crippen molar-refractivity contribution in [2.75, 3.05) is 0 Å². The zero-order chi connectivity index (χ0) is 27.9. The maximum absolute atomic E-state index is 14.0. The van der Waals surface area contributed by atoms with Gasteiger partial charge in [0.2, 0.25) is 0 Å². The number of aliphatic carboxylic acids is 1. The van der Waals surface area contributed by atoms with Crippen LogP contribution in [0.5, 0.6) is 0 Å². The number of carboxylic acid groups (broad SMARTS) is 1. The van der Waals surface area contributed by atoms with Crippen molar-refractivity contribution in [1.29, 1.82) is 0 Å². The lowest BCUT2D eigenvalue weighted by Gasteiger charge is -2.60. The molecule has 8 atom stereocenters. The molecule has 0 aromatic carbocycles. The van der Waals surface area contributed by atoms with E-state index < -0.39 is 39.7 Å². The second-order valence-electron chi connectivity index (χ2n) is 13.7. The molecule has 0 aromatic heterocycles. The minimum absolute atomic E-state index is 0.00884. The number of rotatable bonds is 6. The molecule has 0 bridgehead atoms. The maximum atomic E-state index is 14.0. The summed E-state index contributed by atoms with van der Waals surface area (Å²) in [6.45, 7) is 13.1. The van der Waals surface area contributed by atoms with Crippen molar-refractivity contribution in [3.8, 4) is 0 Å². The summed E-state index contributed by atoms with van der Waals surface area (Å²) in [7, 11) is 0. The van der Waals surface area contributed by atoms with Crippen molar-refractivity contribution in [2.24, 2.45) is 45.3 Å². The first-order valence-corrected chi connectivity index (χ1v) is 13.7. The number of aliphatic hydroxyl groups is 1. The van der Waals surface area contributed by atoms with Crippen LogP contribution >= 0.6 is 0 Å². The zero-order valence-electron chi connectivity index (χ0n) is 23.3. The Kier molecular flexibility index (Phi) is 6.54. The normalized spacial score (nSPS) is 40.5. The van der Waals surface area contributed by atoms with Crippen molar-refractivity contribution in [2.45, 2.75) is 99.5 Å². The number of carboxylic acids is 1. The molecule has 7 heteroatoms. The molecule has 7 nitrogen and oxygen atoms in total. The molecule has 2 fully saturated rings. The van der Waals surface area contributed by atoms with Gasteiger partial charge in [0.15, 0.2) is 5.78 Å². The summed E-state index contributed by atoms with van der Waals surface area (Å²) < 4.78 is 0. The number of carbonyl (C=O) groups excluding carboxylic acids is 4. The van der Waals surface area contributed by atoms with Crippen LogP contribution in [0.25, 0.3) is 0 Å². The van der Waals surface area contributed by atoms with Crippen LogP contribution in [-0.2, 0) is 24.0 Å². The summed E-state index contributed by atoms with van der Waals surface area (Å²) in [5.74, 6) is -2.49. The van der Waals surface area contributed by atoms with E-state index in [1.807, 2.05) is 41.5 Å². The van der Waals surface area contributed by atoms with Crippen molar-refractivity contribution in [3.05, 3.63) is 11.1 Å². The summed E-state index contributed by atoms with van der Waals surface area (Å²) in [5, 5.41) is 20.7. The highest BCUT2D eigenvalue weighted by Crippen LogP contribution is 2.70. The predicted molar refractivity (Wildman–Crippen MR) is 136 cm³/mol. The third-order valence-electron chi connectivity index (χ3n) is 11.3. The van der Waals surface area contributed by atoms with E-state index in [1.165, 1.54) is 6.92 Å². The molecule has 0 radical (unpaired) electrons. The van der Waals surface area contributed by atoms with E-state index in [4.69, 9.17) is 0 Å². The van der Waals surface area contributed by atoms with Gasteiger partial charge in [0, 0.05) is 48.5 Å². The molecule has 0 saturated heterocycles. The van der Waals surface area contributed by atoms with Gasteiger partial charge in [-0.1, -0.05) is 41.5 Å². The lowest BCUT2D eigenvalue weighted by atomic mass is 9.42. The van der Waals surface area contributed by atoms with Gasteiger partial charge in [-0.15, -0.1) is 0 Å². The lowest BCUT2D eigenvalue weighted by molar-refractivity contribution is -0.147. The molecule has 4 aliphatic rings. The van der Waals surface area contributed by atoms with Gasteiger partial charge >= 0.3 is 5.97 Å². The number of fused-ring (bicyclic) bond motifs is 4. The third-order valence-corrected chi connectivity index (χ3v) is 11.3. The third kappa shape index (κ3) is 3.74. The Morgan fingerprint density at radius 3 is 2.22 bits per heavy atom. The summed E-state index contributed by atoms with van der Waals surface area (Å²) in [5.41, 5.74) is -1.92. The van der Waals surface area contributed by atoms with Gasteiger partial charge in [0.25, 0.3) is 0 Å². The quantitative estimate of drug-likeness (QED) is 0.540. The predicted octanol–water partition coefficient (Wildman–Crippen LogP) is 4.34. The molecule has 37 heavy (non-hydrogen) atoms. The topological polar surface area (TPSA) is 126 Å². The fourth-order valence-electron chi connectivity index (χ4n) is 8.93. The molecular formula is C30H42O7. The average molecular weight is 515 g/mol. The number of Topliss-reactive ketones (excluding diaryl/α,β-unsaturated/α-hetero) is 4. The minimum atomic E-state index is -1.04. The van der Waals surface area contributed by atoms with Gasteiger partial charge in [0.05, 0.1) is 17.4 Å². The summed E-state index contributed by atoms with van der Waals surface area (Å²) in [6.07, 6.45) is 0.736. The Balaban J connectivity index is 1.75. The van der Waals surface area contributed by atoms with E-state index >= 15 is 0 Å². The first-order chi connectivity index (χ1) is 16.9. The molecule has 2 saturated carbocycles. The molecule has 2 unspecified atom stereocenters. The van der Waals surface area contributed by atoms with Crippen LogP contribution in [0.1, 0.15) is 93.4 Å². The minimum Gasteiger partial charge on any atom is -0.481 e. The Morgan fingerprint density at radius 2 is 1.62 bits per heavy atom. The van der Waals surface area contributed by atoms with Crippen LogP contribution in [0.4, 0.5) is 0 Å². The lowest BCUT2D eigenvalue weighted by Crippen LogP contribution is -2.60. The molecule has 0 spiro atoms. The highest BCUT2D eigenvalue weighted by Gasteiger charge is 2.70. The van der Waals surface area contributed by atoms with E-state index in [-0.39, 0.29) is 66.6 Å². The SMILES string of the molecule is CC(CC(=O)CC(C)[C@H]1CC(=O)[C@@]2(C)C3=C(C(=O)C[C@]12C)[C@@]1(C)CCC(=O)C(C)(C)[C@@H]1C[C@@H]3O)C(=O)O. The number of ketones is 4. The fraction of sp³-hybridized carbons (Fsp3) is 0.767. The molecule has 0 heterocycles. The Bertz CT molecular complexity index is 1110. The molecule has 4 aliphatic carbocycles. The first kappa shape index (κ1) is 27.9. The van der Waals surface area contributed by atoms with Gasteiger partial charge in [-0.05, 0) is 48.5 Å². The monoisotopic (exact) mass is 514 g/mol. The first-order valence-electron chi connectivity index (χ1n) is 13.7. The van der Waals surface area contributed by atoms with Gasteiger partial charge in [0.1, 0.15) is 17.3 Å². The second kappa shape index (κ2) is 8.69. The number of hydrogen-bond donors (Lipinski definition) is 2. The van der Waals surface area contributed by atoms with Crippen LogP contribution in [0.3, 0.4) is 0 Å². The van der Waals surface area contributed by atoms with E-state index in [0.717, 1.165) is 0 Å². The van der Waals surface area contributed by atoms with Gasteiger partial charge in [-0.2, -0.15) is 0 Å². The van der Waals surface area contributed by atoms with Crippen LogP contribution in [-0.4, -0.2) is 45.4 Å². The van der Waals surface area contributed by atoms with Crippen LogP contribution in [0.15, 0.2) is 11.1 Å². The van der Waals surface area contributed by atoms with Crippen LogP contribution < -0.4 is 0 Å². The molecule has 204 valence electrons. The van der Waals surface area contributed by atoms with E-state index in [2.05, 4.69) is 0 Å². The summed E-state index contributed by atoms with van der Waals surface area (Å²) >= 11 is 0. The highest BCUT2D eigenvalue weighted by molar-refractivity contribution is 6.05. The Hall–Kier alpha value is -2.15. The van der Waals surface area contributed by atoms with E-state index in [1.54, 1.807) is 0 Å². The second-order valence-corrected chi connectivity index (χ2v) is 13.7. The van der Waals surface area contributed by atoms with E-state index in [9.17, 15) is 34.2 Å². The van der Waals surface area contributed by atoms with Crippen molar-refractivity contribution in [1.82, 2.24) is 0 Å². The standard InChI is InChI=1S/C30H42O7/c1-15(10-17(31)11-16(2)26(36)37)18-12-23(35)30(7)25-19(32)13-21-27(3,4)22(34)8-9-28(21,5)24(25)20(33)14-29(18,30)6/h15-16,18-19,21,32H,8-14H2,1-7H3,(H,36,37)/t15?,16?,18-,19+,21+,28+,29-,30+/m1/s1. The fourth-order valence-corrected chi connectivity index (χ4v) is 8.93. The maximum Gasteiger partial charge on any atom is 0.306 e. The number of aliphatic hydroxyl groups excluding tert-OH is 1. The van der Waals surface area contributed by atoms with Gasteiger partial charge < -0.3 is 10.2 Å². The van der Waals surface area contributed by atoms with Crippen LogP contribution in [0.2, 0.25) is 0 Å². The molecule has 4 rings (SSSR count). The molecule has 0 amide bonds. The van der Waals surface area contributed by atoms with Crippen molar-refractivity contribution in [3.63, 3.8) is 0 Å². The smallest absolute Gasteiger partial charge is 0.306 e. The summed E-state index contributed by atoms with van der Waals surface area (Å²) in [6, 6.07) is 0. The zero-order valence-corrected chi connectivity index (χ0v) is 23.3. The largest absolute Gasteiger partial charge is 0.481 e. The number of hydrogen-bond acceptors (Lipinski definition) is 6. The molecule has 2 N–H and O–H groups in total. The Labute approximate surface area is 219 Å². The average Bonchev–Trinajstić information content (AvgIpc) is 2.99. The molecular weight excluding hydrogens is 472 g/mol. The van der Waals surface area contributed by atoms with Gasteiger partial charge in [-0.3, -0.25) is 24.0 Å². The van der Waals surface area contributed by atoms with Crippen LogP contribution in [0, 0.1) is 45.3 Å². The van der Waals surface area contributed by atoms with Crippen molar-refractivity contribution >= 4 is 29.1 Å². The van der Waals surface area contributed by atoms with Crippen molar-refractivity contribution < 1.29 is 34.2 Å². The summed E-state index contributed by atoms with van der Waals surface area (Å²) in [4.78, 5) is 64.6. The Morgan fingerprint density at radius 1 is 1.00 bits per heavy atom. The van der Waals surface area contributed by atoms with Gasteiger partial charge in [-0.25, -0.2) is 0 Å². The molecule has 0 aliphatic heterocycles. The van der Waals surface area contributed by atoms with E-state index in [0.29, 0.717) is 30.4 Å².